The quantitative estimate of drug-likeness (QED) is 0.760. The molecule has 0 atom stereocenters. The fraction of sp³-hybridized carbons (Fsp3) is 0.333. The van der Waals surface area contributed by atoms with Crippen molar-refractivity contribution in [2.24, 2.45) is 0 Å². The predicted molar refractivity (Wildman–Crippen MR) is 86.9 cm³/mol. The number of nitrogens with zero attached hydrogens (tertiary/aromatic N) is 4. The van der Waals surface area contributed by atoms with E-state index in [1.807, 2.05) is 18.2 Å². The molecule has 25 heavy (non-hydrogen) atoms. The molecular weight excluding hydrogens is 355 g/mol. The normalized spacial score (nSPS) is 12.1. The molecule has 1 amide bonds. The molecule has 1 N–H and O–H groups in total. The Hall–Kier alpha value is -2.49. The minimum Gasteiger partial charge on any atom is -0.306 e. The van der Waals surface area contributed by atoms with E-state index < -0.39 is 17.6 Å². The van der Waals surface area contributed by atoms with E-state index in [0.717, 1.165) is 18.0 Å². The van der Waals surface area contributed by atoms with Crippen LogP contribution in [0.1, 0.15) is 46.5 Å². The lowest BCUT2D eigenvalue weighted by Gasteiger charge is -2.08. The van der Waals surface area contributed by atoms with Crippen molar-refractivity contribution >= 4 is 28.0 Å². The van der Waals surface area contributed by atoms with E-state index in [4.69, 9.17) is 0 Å². The molecule has 0 aliphatic heterocycles. The molecule has 0 saturated carbocycles. The van der Waals surface area contributed by atoms with Gasteiger partial charge >= 0.3 is 6.18 Å². The average molecular weight is 369 g/mol. The van der Waals surface area contributed by atoms with Gasteiger partial charge in [-0.3, -0.25) is 9.20 Å². The van der Waals surface area contributed by atoms with Gasteiger partial charge in [-0.15, -0.1) is 10.2 Å². The molecule has 0 aliphatic rings. The van der Waals surface area contributed by atoms with Gasteiger partial charge < -0.3 is 5.32 Å². The van der Waals surface area contributed by atoms with Crippen molar-refractivity contribution in [2.75, 3.05) is 5.32 Å². The topological polar surface area (TPSA) is 72.2 Å². The zero-order chi connectivity index (χ0) is 18.4. The molecule has 132 valence electrons. The van der Waals surface area contributed by atoms with E-state index in [-0.39, 0.29) is 11.7 Å². The summed E-state index contributed by atoms with van der Waals surface area (Å²) in [4.78, 5) is 17.1. The van der Waals surface area contributed by atoms with E-state index >= 15 is 0 Å². The molecule has 0 saturated heterocycles. The SMILES string of the molecule is Cc1c(C(=O)Nc2ccc(C(F)(F)F)cn2)sc2nnc(C(C)C)n12. The summed E-state index contributed by atoms with van der Waals surface area (Å²) in [5, 5.41) is 10.7. The lowest BCUT2D eigenvalue weighted by Crippen LogP contribution is -2.14. The standard InChI is InChI=1S/C15H14F3N5OS/c1-7(2)12-21-22-14-23(12)8(3)11(25-14)13(24)20-10-5-4-9(6-19-10)15(16,17)18/h4-7H,1-3H3,(H,19,20,24). The Morgan fingerprint density at radius 2 is 2.00 bits per heavy atom. The van der Waals surface area contributed by atoms with Crippen molar-refractivity contribution in [3.63, 3.8) is 0 Å². The minimum atomic E-state index is -4.47. The molecular formula is C15H14F3N5OS. The van der Waals surface area contributed by atoms with Crippen LogP contribution in [-0.2, 0) is 6.18 Å². The molecule has 0 unspecified atom stereocenters. The number of carbonyl (C=O) groups excluding carboxylic acids is 1. The smallest absolute Gasteiger partial charge is 0.306 e. The summed E-state index contributed by atoms with van der Waals surface area (Å²) >= 11 is 1.17. The Bertz CT molecular complexity index is 927. The van der Waals surface area contributed by atoms with Crippen LogP contribution in [0, 0.1) is 6.92 Å². The van der Waals surface area contributed by atoms with Crippen LogP contribution in [0.25, 0.3) is 4.96 Å². The summed E-state index contributed by atoms with van der Waals surface area (Å²) in [6.45, 7) is 5.71. The van der Waals surface area contributed by atoms with Crippen molar-refractivity contribution in [1.29, 1.82) is 0 Å². The van der Waals surface area contributed by atoms with Crippen LogP contribution in [0.2, 0.25) is 0 Å². The summed E-state index contributed by atoms with van der Waals surface area (Å²) in [5.41, 5.74) is -0.193. The fourth-order valence-corrected chi connectivity index (χ4v) is 3.29. The Balaban J connectivity index is 1.86. The van der Waals surface area contributed by atoms with Crippen molar-refractivity contribution in [2.45, 2.75) is 32.9 Å². The zero-order valence-corrected chi connectivity index (χ0v) is 14.4. The molecule has 0 aromatic carbocycles. The van der Waals surface area contributed by atoms with Gasteiger partial charge in [0, 0.05) is 17.8 Å². The Morgan fingerprint density at radius 3 is 2.56 bits per heavy atom. The maximum Gasteiger partial charge on any atom is 0.417 e. The van der Waals surface area contributed by atoms with Gasteiger partial charge in [0.1, 0.15) is 16.5 Å². The number of carbonyl (C=O) groups is 1. The Morgan fingerprint density at radius 1 is 1.28 bits per heavy atom. The van der Waals surface area contributed by atoms with Gasteiger partial charge in [-0.05, 0) is 19.1 Å². The summed E-state index contributed by atoms with van der Waals surface area (Å²) in [6.07, 6.45) is -3.78. The first-order chi connectivity index (χ1) is 11.7. The number of pyridine rings is 1. The third-order valence-corrected chi connectivity index (χ3v) is 4.70. The summed E-state index contributed by atoms with van der Waals surface area (Å²) in [6, 6.07) is 1.99. The number of aromatic nitrogens is 4. The third-order valence-electron chi connectivity index (χ3n) is 3.57. The van der Waals surface area contributed by atoms with Crippen molar-refractivity contribution in [3.8, 4) is 0 Å². The van der Waals surface area contributed by atoms with Crippen molar-refractivity contribution in [3.05, 3.63) is 40.3 Å². The first-order valence-corrected chi connectivity index (χ1v) is 8.19. The van der Waals surface area contributed by atoms with E-state index in [1.165, 1.54) is 11.3 Å². The number of alkyl halides is 3. The number of thiazole rings is 1. The molecule has 0 fully saturated rings. The summed E-state index contributed by atoms with van der Waals surface area (Å²) < 4.78 is 39.4. The van der Waals surface area contributed by atoms with Gasteiger partial charge in [0.2, 0.25) is 4.96 Å². The highest BCUT2D eigenvalue weighted by molar-refractivity contribution is 7.19. The first kappa shape index (κ1) is 17.3. The van der Waals surface area contributed by atoms with E-state index in [1.54, 1.807) is 6.92 Å². The molecule has 3 rings (SSSR count). The van der Waals surface area contributed by atoms with Crippen LogP contribution in [0.5, 0.6) is 0 Å². The lowest BCUT2D eigenvalue weighted by molar-refractivity contribution is -0.137. The molecule has 0 aliphatic carbocycles. The van der Waals surface area contributed by atoms with Gasteiger partial charge in [-0.1, -0.05) is 25.2 Å². The Labute approximate surface area is 144 Å². The second-order valence-electron chi connectivity index (χ2n) is 5.73. The van der Waals surface area contributed by atoms with Crippen molar-refractivity contribution < 1.29 is 18.0 Å². The highest BCUT2D eigenvalue weighted by Gasteiger charge is 2.30. The Kier molecular flexibility index (Phi) is 4.23. The number of anilines is 1. The summed E-state index contributed by atoms with van der Waals surface area (Å²) in [7, 11) is 0. The average Bonchev–Trinajstić information content (AvgIpc) is 3.07. The molecule has 0 radical (unpaired) electrons. The minimum absolute atomic E-state index is 0.0469. The second kappa shape index (κ2) is 6.10. The van der Waals surface area contributed by atoms with Crippen LogP contribution in [-0.4, -0.2) is 25.5 Å². The van der Waals surface area contributed by atoms with Gasteiger partial charge in [0.15, 0.2) is 0 Å². The maximum absolute atomic E-state index is 12.5. The number of fused-ring (bicyclic) bond motifs is 1. The molecule has 3 aromatic heterocycles. The number of amides is 1. The molecule has 0 bridgehead atoms. The number of halogens is 3. The maximum atomic E-state index is 12.5. The highest BCUT2D eigenvalue weighted by atomic mass is 32.1. The van der Waals surface area contributed by atoms with Crippen molar-refractivity contribution in [1.82, 2.24) is 19.6 Å². The number of aryl methyl sites for hydroxylation is 1. The third kappa shape index (κ3) is 3.21. The number of rotatable bonds is 3. The number of nitrogens with one attached hydrogen (secondary N) is 1. The molecule has 3 heterocycles. The van der Waals surface area contributed by atoms with Gasteiger partial charge in [-0.2, -0.15) is 13.2 Å². The van der Waals surface area contributed by atoms with Crippen LogP contribution < -0.4 is 5.32 Å². The number of hydrogen-bond acceptors (Lipinski definition) is 5. The monoisotopic (exact) mass is 369 g/mol. The van der Waals surface area contributed by atoms with Crippen LogP contribution in [0.15, 0.2) is 18.3 Å². The largest absolute Gasteiger partial charge is 0.417 e. The highest BCUT2D eigenvalue weighted by Crippen LogP contribution is 2.29. The van der Waals surface area contributed by atoms with Gasteiger partial charge in [-0.25, -0.2) is 4.98 Å². The first-order valence-electron chi connectivity index (χ1n) is 7.37. The van der Waals surface area contributed by atoms with Gasteiger partial charge in [0.05, 0.1) is 5.56 Å². The van der Waals surface area contributed by atoms with Crippen LogP contribution in [0.4, 0.5) is 19.0 Å². The second-order valence-corrected chi connectivity index (χ2v) is 6.71. The van der Waals surface area contributed by atoms with E-state index in [9.17, 15) is 18.0 Å². The van der Waals surface area contributed by atoms with E-state index in [2.05, 4.69) is 20.5 Å². The molecule has 6 nitrogen and oxygen atoms in total. The zero-order valence-electron chi connectivity index (χ0n) is 13.5. The lowest BCUT2D eigenvalue weighted by atomic mass is 10.2. The van der Waals surface area contributed by atoms with Crippen LogP contribution in [0.3, 0.4) is 0 Å². The summed E-state index contributed by atoms with van der Waals surface area (Å²) in [5.74, 6) is 0.479. The molecule has 0 spiro atoms. The molecule has 10 heteroatoms. The van der Waals surface area contributed by atoms with E-state index in [0.29, 0.717) is 21.7 Å². The fourth-order valence-electron chi connectivity index (χ4n) is 2.32. The molecule has 3 aromatic rings. The predicted octanol–water partition coefficient (Wildman–Crippen LogP) is 3.89. The number of hydrogen-bond donors (Lipinski definition) is 1. The van der Waals surface area contributed by atoms with Crippen LogP contribution >= 0.6 is 11.3 Å². The van der Waals surface area contributed by atoms with Gasteiger partial charge in [0.25, 0.3) is 5.91 Å².